The molecule has 0 N–H and O–H groups in total. The molecule has 3 aromatic rings. The van der Waals surface area contributed by atoms with Gasteiger partial charge in [-0.1, -0.05) is 18.2 Å². The van der Waals surface area contributed by atoms with Gasteiger partial charge in [0.2, 0.25) is 0 Å². The average Bonchev–Trinajstić information content (AvgIpc) is 2.85. The Morgan fingerprint density at radius 3 is 2.70 bits per heavy atom. The van der Waals surface area contributed by atoms with Crippen molar-refractivity contribution in [2.75, 3.05) is 7.11 Å². The number of aromatic nitrogens is 2. The average molecular weight is 266 g/mol. The quantitative estimate of drug-likeness (QED) is 0.682. The Balaban J connectivity index is 1.99. The largest absolute Gasteiger partial charge is 0.497 e. The fourth-order valence-corrected chi connectivity index (χ4v) is 2.26. The van der Waals surface area contributed by atoms with E-state index >= 15 is 0 Å². The van der Waals surface area contributed by atoms with Gasteiger partial charge in [0.05, 0.1) is 12.8 Å². The molecule has 0 atom stereocenters. The van der Waals surface area contributed by atoms with Gasteiger partial charge >= 0.3 is 0 Å². The number of methoxy groups -OCH3 is 1. The molecule has 0 saturated carbocycles. The molecule has 100 valence electrons. The molecule has 0 fully saturated rings. The smallest absolute Gasteiger partial charge is 0.168 e. The Morgan fingerprint density at radius 2 is 2.00 bits per heavy atom. The Kier molecular flexibility index (Phi) is 3.21. The van der Waals surface area contributed by atoms with Gasteiger partial charge in [-0.3, -0.25) is 9.20 Å². The van der Waals surface area contributed by atoms with Crippen LogP contribution in [0.25, 0.3) is 5.65 Å². The molecular weight excluding hydrogens is 252 g/mol. The normalized spacial score (nSPS) is 10.7. The molecule has 20 heavy (non-hydrogen) atoms. The van der Waals surface area contributed by atoms with Crippen molar-refractivity contribution in [3.63, 3.8) is 0 Å². The summed E-state index contributed by atoms with van der Waals surface area (Å²) in [5.74, 6) is 0.819. The maximum atomic E-state index is 11.3. The number of carbonyl (C=O) groups is 1. The fourth-order valence-electron chi connectivity index (χ4n) is 2.26. The van der Waals surface area contributed by atoms with Crippen molar-refractivity contribution in [2.45, 2.75) is 6.42 Å². The third kappa shape index (κ3) is 2.16. The van der Waals surface area contributed by atoms with E-state index in [0.717, 1.165) is 28.9 Å². The summed E-state index contributed by atoms with van der Waals surface area (Å²) in [6.45, 7) is 0. The molecular formula is C16H14N2O2. The number of aldehydes is 1. The van der Waals surface area contributed by atoms with E-state index in [1.54, 1.807) is 7.11 Å². The van der Waals surface area contributed by atoms with Crippen molar-refractivity contribution in [2.24, 2.45) is 0 Å². The van der Waals surface area contributed by atoms with Gasteiger partial charge in [0, 0.05) is 12.6 Å². The molecule has 0 saturated heterocycles. The predicted octanol–water partition coefficient (Wildman–Crippen LogP) is 2.75. The fraction of sp³-hybridized carbons (Fsp3) is 0.125. The zero-order valence-corrected chi connectivity index (χ0v) is 11.1. The van der Waals surface area contributed by atoms with E-state index in [1.807, 2.05) is 53.1 Å². The monoisotopic (exact) mass is 266 g/mol. The highest BCUT2D eigenvalue weighted by molar-refractivity contribution is 5.76. The highest BCUT2D eigenvalue weighted by Gasteiger charge is 2.11. The molecule has 0 amide bonds. The molecule has 0 spiro atoms. The van der Waals surface area contributed by atoms with Crippen LogP contribution in [0.15, 0.2) is 48.7 Å². The number of benzene rings is 1. The summed E-state index contributed by atoms with van der Waals surface area (Å²) in [5.41, 5.74) is 3.28. The number of hydrogen-bond acceptors (Lipinski definition) is 3. The number of carbonyl (C=O) groups excluding carboxylic acids is 1. The first-order chi connectivity index (χ1) is 9.81. The number of pyridine rings is 1. The molecule has 0 aliphatic carbocycles. The summed E-state index contributed by atoms with van der Waals surface area (Å²) < 4.78 is 6.95. The van der Waals surface area contributed by atoms with E-state index in [-0.39, 0.29) is 0 Å². The van der Waals surface area contributed by atoms with Crippen LogP contribution in [0.2, 0.25) is 0 Å². The number of rotatable bonds is 4. The van der Waals surface area contributed by atoms with Crippen molar-refractivity contribution in [3.05, 3.63) is 65.6 Å². The minimum Gasteiger partial charge on any atom is -0.497 e. The molecule has 4 nitrogen and oxygen atoms in total. The molecule has 0 aliphatic rings. The number of ether oxygens (including phenoxy) is 1. The highest BCUT2D eigenvalue weighted by Crippen LogP contribution is 2.17. The van der Waals surface area contributed by atoms with Crippen LogP contribution >= 0.6 is 0 Å². The van der Waals surface area contributed by atoms with Crippen LogP contribution in [0.4, 0.5) is 0 Å². The molecule has 0 aliphatic heterocycles. The Morgan fingerprint density at radius 1 is 1.20 bits per heavy atom. The van der Waals surface area contributed by atoms with Crippen molar-refractivity contribution in [1.82, 2.24) is 9.38 Å². The van der Waals surface area contributed by atoms with E-state index < -0.39 is 0 Å². The number of imidazole rings is 1. The van der Waals surface area contributed by atoms with Gasteiger partial charge in [-0.15, -0.1) is 0 Å². The lowest BCUT2D eigenvalue weighted by Gasteiger charge is -2.02. The Labute approximate surface area is 116 Å². The van der Waals surface area contributed by atoms with Gasteiger partial charge in [0.25, 0.3) is 0 Å². The van der Waals surface area contributed by atoms with Gasteiger partial charge in [0.15, 0.2) is 6.29 Å². The minimum atomic E-state index is 0.608. The predicted molar refractivity (Wildman–Crippen MR) is 76.4 cm³/mol. The van der Waals surface area contributed by atoms with Crippen molar-refractivity contribution < 1.29 is 9.53 Å². The molecule has 1 aromatic carbocycles. The minimum absolute atomic E-state index is 0.608. The third-order valence-electron chi connectivity index (χ3n) is 3.29. The van der Waals surface area contributed by atoms with E-state index in [9.17, 15) is 4.79 Å². The maximum absolute atomic E-state index is 11.3. The second-order valence-electron chi connectivity index (χ2n) is 4.52. The van der Waals surface area contributed by atoms with Crippen LogP contribution in [0, 0.1) is 0 Å². The lowest BCUT2D eigenvalue weighted by Crippen LogP contribution is -1.96. The van der Waals surface area contributed by atoms with Crippen LogP contribution in [-0.2, 0) is 6.42 Å². The zero-order valence-electron chi connectivity index (χ0n) is 11.1. The lowest BCUT2D eigenvalue weighted by atomic mass is 10.1. The van der Waals surface area contributed by atoms with Gasteiger partial charge in [-0.05, 0) is 29.8 Å². The molecule has 0 bridgehead atoms. The van der Waals surface area contributed by atoms with Crippen molar-refractivity contribution in [3.8, 4) is 5.75 Å². The van der Waals surface area contributed by atoms with Gasteiger partial charge in [0.1, 0.15) is 17.1 Å². The maximum Gasteiger partial charge on any atom is 0.168 e. The molecule has 4 heteroatoms. The standard InChI is InChI=1S/C16H14N2O2/c1-20-13-7-5-12(6-8-13)10-14-15(11-19)18-9-3-2-4-16(18)17-14/h2-9,11H,10H2,1H3. The highest BCUT2D eigenvalue weighted by atomic mass is 16.5. The van der Waals surface area contributed by atoms with E-state index in [2.05, 4.69) is 4.98 Å². The van der Waals surface area contributed by atoms with Crippen LogP contribution in [0.3, 0.4) is 0 Å². The van der Waals surface area contributed by atoms with Crippen molar-refractivity contribution in [1.29, 1.82) is 0 Å². The summed E-state index contributed by atoms with van der Waals surface area (Å²) in [4.78, 5) is 15.8. The molecule has 3 rings (SSSR count). The molecule has 0 radical (unpaired) electrons. The summed E-state index contributed by atoms with van der Waals surface area (Å²) in [6.07, 6.45) is 3.34. The Bertz CT molecular complexity index is 745. The molecule has 0 unspecified atom stereocenters. The van der Waals surface area contributed by atoms with E-state index in [1.165, 1.54) is 0 Å². The second kappa shape index (κ2) is 5.17. The van der Waals surface area contributed by atoms with E-state index in [0.29, 0.717) is 12.1 Å². The first kappa shape index (κ1) is 12.4. The van der Waals surface area contributed by atoms with Crippen LogP contribution in [0.1, 0.15) is 21.7 Å². The third-order valence-corrected chi connectivity index (χ3v) is 3.29. The van der Waals surface area contributed by atoms with Crippen LogP contribution < -0.4 is 4.74 Å². The molecule has 2 heterocycles. The van der Waals surface area contributed by atoms with Crippen LogP contribution in [-0.4, -0.2) is 22.8 Å². The Hall–Kier alpha value is -2.62. The van der Waals surface area contributed by atoms with Gasteiger partial charge < -0.3 is 4.74 Å². The first-order valence-corrected chi connectivity index (χ1v) is 6.36. The number of hydrogen-bond donors (Lipinski definition) is 0. The first-order valence-electron chi connectivity index (χ1n) is 6.36. The van der Waals surface area contributed by atoms with Gasteiger partial charge in [-0.25, -0.2) is 4.98 Å². The summed E-state index contributed by atoms with van der Waals surface area (Å²) >= 11 is 0. The summed E-state index contributed by atoms with van der Waals surface area (Å²) in [6, 6.07) is 13.5. The SMILES string of the molecule is COc1ccc(Cc2nc3ccccn3c2C=O)cc1. The number of nitrogens with zero attached hydrogens (tertiary/aromatic N) is 2. The molecule has 2 aromatic heterocycles. The lowest BCUT2D eigenvalue weighted by molar-refractivity contribution is 0.111. The van der Waals surface area contributed by atoms with Gasteiger partial charge in [-0.2, -0.15) is 0 Å². The van der Waals surface area contributed by atoms with E-state index in [4.69, 9.17) is 4.74 Å². The summed E-state index contributed by atoms with van der Waals surface area (Å²) in [7, 11) is 1.64. The zero-order chi connectivity index (χ0) is 13.9. The number of fused-ring (bicyclic) bond motifs is 1. The van der Waals surface area contributed by atoms with Crippen LogP contribution in [0.5, 0.6) is 5.75 Å². The second-order valence-corrected chi connectivity index (χ2v) is 4.52. The summed E-state index contributed by atoms with van der Waals surface area (Å²) in [5, 5.41) is 0. The van der Waals surface area contributed by atoms with Crippen molar-refractivity contribution >= 4 is 11.9 Å². The topological polar surface area (TPSA) is 43.6 Å².